The Bertz CT molecular complexity index is 550. The SMILES string of the molecule is Cc1cc(C(=O)N2CC[C@](C)(O)[C@H](O)C2)cc(=O)[nH]1. The van der Waals surface area contributed by atoms with Crippen LogP contribution in [0.2, 0.25) is 0 Å². The molecule has 0 aliphatic carbocycles. The van der Waals surface area contributed by atoms with E-state index in [4.69, 9.17) is 0 Å². The predicted molar refractivity (Wildman–Crippen MR) is 69.0 cm³/mol. The Labute approximate surface area is 110 Å². The maximum absolute atomic E-state index is 12.2. The third kappa shape index (κ3) is 2.85. The second kappa shape index (κ2) is 4.79. The second-order valence-corrected chi connectivity index (χ2v) is 5.29. The number of hydrogen-bond acceptors (Lipinski definition) is 4. The number of amides is 1. The molecule has 0 spiro atoms. The Hall–Kier alpha value is -1.66. The molecule has 1 aromatic heterocycles. The Morgan fingerprint density at radius 2 is 2.21 bits per heavy atom. The summed E-state index contributed by atoms with van der Waals surface area (Å²) in [4.78, 5) is 27.6. The van der Waals surface area contributed by atoms with Crippen molar-refractivity contribution in [2.45, 2.75) is 32.0 Å². The third-order valence-electron chi connectivity index (χ3n) is 3.51. The number of aliphatic hydroxyl groups excluding tert-OH is 1. The summed E-state index contributed by atoms with van der Waals surface area (Å²) >= 11 is 0. The minimum absolute atomic E-state index is 0.0671. The Morgan fingerprint density at radius 3 is 2.79 bits per heavy atom. The summed E-state index contributed by atoms with van der Waals surface area (Å²) in [5.74, 6) is -0.302. The zero-order valence-corrected chi connectivity index (χ0v) is 11.0. The molecule has 1 aliphatic rings. The molecule has 2 rings (SSSR count). The largest absolute Gasteiger partial charge is 0.388 e. The van der Waals surface area contributed by atoms with Crippen LogP contribution in [-0.4, -0.2) is 50.8 Å². The van der Waals surface area contributed by atoms with Gasteiger partial charge in [-0.3, -0.25) is 9.59 Å². The molecule has 1 aromatic rings. The maximum Gasteiger partial charge on any atom is 0.254 e. The number of piperidine rings is 1. The lowest BCUT2D eigenvalue weighted by atomic mass is 9.90. The van der Waals surface area contributed by atoms with Crippen LogP contribution in [0.15, 0.2) is 16.9 Å². The lowest BCUT2D eigenvalue weighted by Gasteiger charge is -2.39. The fraction of sp³-hybridized carbons (Fsp3) is 0.538. The van der Waals surface area contributed by atoms with Gasteiger partial charge in [0.15, 0.2) is 0 Å². The monoisotopic (exact) mass is 266 g/mol. The van der Waals surface area contributed by atoms with E-state index in [1.807, 2.05) is 0 Å². The van der Waals surface area contributed by atoms with Crippen molar-refractivity contribution in [1.82, 2.24) is 9.88 Å². The molecule has 1 fully saturated rings. The van der Waals surface area contributed by atoms with E-state index in [0.29, 0.717) is 24.2 Å². The number of likely N-dealkylation sites (tertiary alicyclic amines) is 1. The number of carbonyl (C=O) groups excluding carboxylic acids is 1. The third-order valence-corrected chi connectivity index (χ3v) is 3.51. The second-order valence-electron chi connectivity index (χ2n) is 5.29. The van der Waals surface area contributed by atoms with Crippen molar-refractivity contribution in [3.63, 3.8) is 0 Å². The number of aromatic amines is 1. The predicted octanol–water partition coefficient (Wildman–Crippen LogP) is -0.359. The molecule has 1 amide bonds. The molecule has 6 heteroatoms. The highest BCUT2D eigenvalue weighted by Crippen LogP contribution is 2.23. The molecule has 1 saturated heterocycles. The number of aromatic nitrogens is 1. The molecule has 104 valence electrons. The smallest absolute Gasteiger partial charge is 0.254 e. The Kier molecular flexibility index (Phi) is 3.47. The van der Waals surface area contributed by atoms with Gasteiger partial charge in [0.25, 0.3) is 5.91 Å². The Morgan fingerprint density at radius 1 is 1.53 bits per heavy atom. The first-order valence-electron chi connectivity index (χ1n) is 6.20. The molecule has 0 radical (unpaired) electrons. The molecule has 0 saturated carbocycles. The van der Waals surface area contributed by atoms with Gasteiger partial charge in [0, 0.05) is 30.4 Å². The minimum Gasteiger partial charge on any atom is -0.388 e. The molecule has 3 N–H and O–H groups in total. The van der Waals surface area contributed by atoms with Gasteiger partial charge in [0.2, 0.25) is 5.56 Å². The summed E-state index contributed by atoms with van der Waals surface area (Å²) in [6, 6.07) is 2.84. The summed E-state index contributed by atoms with van der Waals surface area (Å²) in [6.07, 6.45) is -0.671. The van der Waals surface area contributed by atoms with E-state index in [1.165, 1.54) is 11.0 Å². The molecule has 0 bridgehead atoms. The first-order chi connectivity index (χ1) is 8.79. The fourth-order valence-electron chi connectivity index (χ4n) is 2.20. The molecule has 0 unspecified atom stereocenters. The minimum atomic E-state index is -1.17. The molecule has 2 heterocycles. The van der Waals surface area contributed by atoms with Crippen molar-refractivity contribution in [3.05, 3.63) is 33.7 Å². The molecule has 19 heavy (non-hydrogen) atoms. The number of H-pyrrole nitrogens is 1. The van der Waals surface area contributed by atoms with E-state index in [0.717, 1.165) is 0 Å². The Balaban J connectivity index is 2.19. The van der Waals surface area contributed by atoms with Gasteiger partial charge in [-0.1, -0.05) is 0 Å². The highest BCUT2D eigenvalue weighted by molar-refractivity contribution is 5.94. The molecular weight excluding hydrogens is 248 g/mol. The first-order valence-corrected chi connectivity index (χ1v) is 6.20. The van der Waals surface area contributed by atoms with Gasteiger partial charge in [0.1, 0.15) is 0 Å². The molecule has 1 aliphatic heterocycles. The number of nitrogens with zero attached hydrogens (tertiary/aromatic N) is 1. The number of hydrogen-bond donors (Lipinski definition) is 3. The van der Waals surface area contributed by atoms with Crippen LogP contribution in [0, 0.1) is 6.92 Å². The van der Waals surface area contributed by atoms with Crippen molar-refractivity contribution in [1.29, 1.82) is 0 Å². The number of aliphatic hydroxyl groups is 2. The number of aryl methyl sites for hydroxylation is 1. The van der Waals surface area contributed by atoms with Crippen LogP contribution in [0.4, 0.5) is 0 Å². The van der Waals surface area contributed by atoms with Gasteiger partial charge in [-0.2, -0.15) is 0 Å². The van der Waals surface area contributed by atoms with E-state index in [1.54, 1.807) is 19.9 Å². The summed E-state index contributed by atoms with van der Waals surface area (Å²) in [5, 5.41) is 19.7. The van der Waals surface area contributed by atoms with Crippen LogP contribution in [0.1, 0.15) is 29.4 Å². The number of nitrogens with one attached hydrogen (secondary N) is 1. The van der Waals surface area contributed by atoms with Crippen molar-refractivity contribution < 1.29 is 15.0 Å². The van der Waals surface area contributed by atoms with Crippen LogP contribution in [0.3, 0.4) is 0 Å². The molecule has 6 nitrogen and oxygen atoms in total. The number of β-amino-alcohol motifs (C(OH)–C–C–N with tert-alkyl or cyclic N) is 1. The van der Waals surface area contributed by atoms with Crippen LogP contribution in [0.5, 0.6) is 0 Å². The van der Waals surface area contributed by atoms with Gasteiger partial charge in [0.05, 0.1) is 11.7 Å². The van der Waals surface area contributed by atoms with Gasteiger partial charge in [-0.25, -0.2) is 0 Å². The topological polar surface area (TPSA) is 93.6 Å². The fourth-order valence-corrected chi connectivity index (χ4v) is 2.20. The highest BCUT2D eigenvalue weighted by atomic mass is 16.3. The van der Waals surface area contributed by atoms with Crippen LogP contribution < -0.4 is 5.56 Å². The van der Waals surface area contributed by atoms with Crippen molar-refractivity contribution in [2.24, 2.45) is 0 Å². The molecule has 2 atom stereocenters. The van der Waals surface area contributed by atoms with Crippen molar-refractivity contribution in [2.75, 3.05) is 13.1 Å². The first kappa shape index (κ1) is 13.8. The highest BCUT2D eigenvalue weighted by Gasteiger charge is 2.38. The molecular formula is C13H18N2O4. The van der Waals surface area contributed by atoms with Crippen LogP contribution >= 0.6 is 0 Å². The summed E-state index contributed by atoms with van der Waals surface area (Å²) in [6.45, 7) is 3.68. The van der Waals surface area contributed by atoms with E-state index in [-0.39, 0.29) is 18.0 Å². The lowest BCUT2D eigenvalue weighted by Crippen LogP contribution is -2.55. The number of carbonyl (C=O) groups is 1. The van der Waals surface area contributed by atoms with Crippen molar-refractivity contribution in [3.8, 4) is 0 Å². The maximum atomic E-state index is 12.2. The summed E-state index contributed by atoms with van der Waals surface area (Å²) in [7, 11) is 0. The van der Waals surface area contributed by atoms with E-state index in [9.17, 15) is 19.8 Å². The van der Waals surface area contributed by atoms with Gasteiger partial charge >= 0.3 is 0 Å². The van der Waals surface area contributed by atoms with Crippen LogP contribution in [-0.2, 0) is 0 Å². The van der Waals surface area contributed by atoms with Gasteiger partial charge in [-0.05, 0) is 26.3 Å². The average molecular weight is 266 g/mol. The normalized spacial score (nSPS) is 27.4. The lowest BCUT2D eigenvalue weighted by molar-refractivity contribution is -0.0999. The quantitative estimate of drug-likeness (QED) is 0.647. The molecule has 0 aromatic carbocycles. The number of rotatable bonds is 1. The summed E-state index contributed by atoms with van der Waals surface area (Å²) < 4.78 is 0. The zero-order chi connectivity index (χ0) is 14.2. The van der Waals surface area contributed by atoms with Gasteiger partial charge in [-0.15, -0.1) is 0 Å². The van der Waals surface area contributed by atoms with Crippen molar-refractivity contribution >= 4 is 5.91 Å². The average Bonchev–Trinajstić information content (AvgIpc) is 2.30. The van der Waals surface area contributed by atoms with E-state index in [2.05, 4.69) is 4.98 Å². The summed E-state index contributed by atoms with van der Waals surface area (Å²) in [5.41, 5.74) is -0.579. The standard InChI is InChI=1S/C13H18N2O4/c1-8-5-9(6-11(17)14-8)12(18)15-4-3-13(2,19)10(16)7-15/h5-6,10,16,19H,3-4,7H2,1-2H3,(H,14,17)/t10-,13+/m1/s1. The van der Waals surface area contributed by atoms with Crippen LogP contribution in [0.25, 0.3) is 0 Å². The van der Waals surface area contributed by atoms with Gasteiger partial charge < -0.3 is 20.1 Å². The zero-order valence-electron chi connectivity index (χ0n) is 11.0. The van der Waals surface area contributed by atoms with E-state index >= 15 is 0 Å². The number of pyridine rings is 1. The van der Waals surface area contributed by atoms with E-state index < -0.39 is 11.7 Å².